The molecule has 3 heterocycles. The summed E-state index contributed by atoms with van der Waals surface area (Å²) in [5, 5.41) is 0. The summed E-state index contributed by atoms with van der Waals surface area (Å²) in [5.74, 6) is 1.85. The van der Waals surface area contributed by atoms with Crippen molar-refractivity contribution >= 4 is 5.91 Å². The van der Waals surface area contributed by atoms with E-state index in [0.717, 1.165) is 31.5 Å². The minimum atomic E-state index is 0.113. The number of aromatic nitrogens is 1. The van der Waals surface area contributed by atoms with Crippen molar-refractivity contribution in [3.05, 3.63) is 48.2 Å². The Kier molecular flexibility index (Phi) is 7.16. The number of para-hydroxylation sites is 2. The van der Waals surface area contributed by atoms with E-state index in [1.165, 1.54) is 6.42 Å². The van der Waals surface area contributed by atoms with Gasteiger partial charge in [0.05, 0.1) is 26.3 Å². The van der Waals surface area contributed by atoms with Crippen LogP contribution < -0.4 is 9.47 Å². The van der Waals surface area contributed by atoms with Crippen LogP contribution >= 0.6 is 0 Å². The first-order valence-corrected chi connectivity index (χ1v) is 10.7. The molecule has 0 atom stereocenters. The van der Waals surface area contributed by atoms with Crippen LogP contribution in [0.1, 0.15) is 24.8 Å². The molecule has 2 aliphatic heterocycles. The van der Waals surface area contributed by atoms with E-state index >= 15 is 0 Å². The maximum absolute atomic E-state index is 13.1. The molecule has 1 fully saturated rings. The van der Waals surface area contributed by atoms with Crippen LogP contribution in [0.15, 0.2) is 42.6 Å². The van der Waals surface area contributed by atoms with E-state index in [1.807, 2.05) is 41.3 Å². The number of amides is 1. The lowest BCUT2D eigenvalue weighted by Gasteiger charge is -2.30. The number of pyridine rings is 1. The molecule has 2 aromatic rings. The zero-order valence-electron chi connectivity index (χ0n) is 17.3. The molecule has 1 aromatic heterocycles. The molecule has 30 heavy (non-hydrogen) atoms. The topological polar surface area (TPSA) is 64.1 Å². The summed E-state index contributed by atoms with van der Waals surface area (Å²) < 4.78 is 17.7. The molecule has 7 heteroatoms. The summed E-state index contributed by atoms with van der Waals surface area (Å²) in [6.07, 6.45) is 5.28. The number of ether oxygens (including phenoxy) is 3. The summed E-state index contributed by atoms with van der Waals surface area (Å²) in [7, 11) is 0. The maximum atomic E-state index is 13.1. The smallest absolute Gasteiger partial charge is 0.237 e. The third-order valence-electron chi connectivity index (χ3n) is 5.42. The molecule has 1 saturated heterocycles. The van der Waals surface area contributed by atoms with Crippen molar-refractivity contribution in [3.8, 4) is 17.4 Å². The molecule has 1 amide bonds. The Balaban J connectivity index is 1.55. The number of rotatable bonds is 2. The van der Waals surface area contributed by atoms with Crippen LogP contribution in [-0.4, -0.2) is 66.7 Å². The van der Waals surface area contributed by atoms with Gasteiger partial charge in [0.15, 0.2) is 11.5 Å². The molecule has 1 aromatic carbocycles. The highest BCUT2D eigenvalue weighted by atomic mass is 16.5. The zero-order valence-corrected chi connectivity index (χ0v) is 17.3. The zero-order chi connectivity index (χ0) is 20.6. The fourth-order valence-corrected chi connectivity index (χ4v) is 3.79. The number of hydrogen-bond donors (Lipinski definition) is 0. The molecule has 7 nitrogen and oxygen atoms in total. The molecule has 0 aliphatic carbocycles. The van der Waals surface area contributed by atoms with Crippen LogP contribution in [0.4, 0.5) is 0 Å². The van der Waals surface area contributed by atoms with Crippen molar-refractivity contribution < 1.29 is 19.0 Å². The predicted molar refractivity (Wildman–Crippen MR) is 113 cm³/mol. The van der Waals surface area contributed by atoms with Gasteiger partial charge < -0.3 is 19.1 Å². The fraction of sp³-hybridized carbons (Fsp3) is 0.478. The van der Waals surface area contributed by atoms with Gasteiger partial charge in [0.2, 0.25) is 11.8 Å². The van der Waals surface area contributed by atoms with Gasteiger partial charge in [0.25, 0.3) is 0 Å². The second-order valence-corrected chi connectivity index (χ2v) is 7.63. The Labute approximate surface area is 177 Å². The van der Waals surface area contributed by atoms with Crippen LogP contribution in [0.5, 0.6) is 17.4 Å². The van der Waals surface area contributed by atoms with Crippen molar-refractivity contribution in [3.63, 3.8) is 0 Å². The second kappa shape index (κ2) is 10.4. The van der Waals surface area contributed by atoms with Gasteiger partial charge in [-0.05, 0) is 44.1 Å². The Morgan fingerprint density at radius 1 is 0.933 bits per heavy atom. The van der Waals surface area contributed by atoms with Crippen molar-refractivity contribution in [1.82, 2.24) is 14.8 Å². The van der Waals surface area contributed by atoms with Crippen LogP contribution in [0.2, 0.25) is 0 Å². The first-order valence-electron chi connectivity index (χ1n) is 10.7. The average Bonchev–Trinajstić information content (AvgIpc) is 2.79. The van der Waals surface area contributed by atoms with Gasteiger partial charge in [-0.25, -0.2) is 4.98 Å². The highest BCUT2D eigenvalue weighted by Crippen LogP contribution is 2.32. The Morgan fingerprint density at radius 3 is 2.63 bits per heavy atom. The van der Waals surface area contributed by atoms with Crippen molar-refractivity contribution in [2.45, 2.75) is 25.8 Å². The monoisotopic (exact) mass is 411 g/mol. The number of nitrogens with zero attached hydrogens (tertiary/aromatic N) is 3. The lowest BCUT2D eigenvalue weighted by Crippen LogP contribution is -2.43. The third-order valence-corrected chi connectivity index (χ3v) is 5.42. The van der Waals surface area contributed by atoms with Crippen LogP contribution in [0.25, 0.3) is 0 Å². The van der Waals surface area contributed by atoms with E-state index < -0.39 is 0 Å². The number of carbonyl (C=O) groups is 1. The first-order chi connectivity index (χ1) is 14.8. The third kappa shape index (κ3) is 5.49. The minimum absolute atomic E-state index is 0.113. The van der Waals surface area contributed by atoms with Gasteiger partial charge in [-0.2, -0.15) is 0 Å². The standard InChI is InChI=1S/C23H29N3O4/c27-22(18-25-11-4-1-5-12-25)26-13-14-28-15-16-29-20-8-2-3-9-21(20)30-23-19(17-26)7-6-10-24-23/h2-3,6-10H,1,4-5,11-18H2. The van der Waals surface area contributed by atoms with Crippen molar-refractivity contribution in [2.75, 3.05) is 46.0 Å². The summed E-state index contributed by atoms with van der Waals surface area (Å²) in [5.41, 5.74) is 0.860. The molecule has 0 N–H and O–H groups in total. The summed E-state index contributed by atoms with van der Waals surface area (Å²) in [6.45, 7) is 4.72. The second-order valence-electron chi connectivity index (χ2n) is 7.63. The molecule has 0 spiro atoms. The molecule has 2 aliphatic rings. The van der Waals surface area contributed by atoms with Crippen LogP contribution in [0, 0.1) is 0 Å². The van der Waals surface area contributed by atoms with Gasteiger partial charge in [-0.1, -0.05) is 24.6 Å². The highest BCUT2D eigenvalue weighted by Gasteiger charge is 2.21. The van der Waals surface area contributed by atoms with Crippen LogP contribution in [-0.2, 0) is 16.1 Å². The quantitative estimate of drug-likeness (QED) is 0.757. The molecule has 0 radical (unpaired) electrons. The highest BCUT2D eigenvalue weighted by molar-refractivity contribution is 5.78. The molecule has 160 valence electrons. The number of fused-ring (bicyclic) bond motifs is 2. The lowest BCUT2D eigenvalue weighted by atomic mass is 10.1. The summed E-state index contributed by atoms with van der Waals surface area (Å²) in [4.78, 5) is 21.6. The fourth-order valence-electron chi connectivity index (χ4n) is 3.79. The SMILES string of the molecule is O=C(CN1CCCCC1)N1CCOCCOc2ccccc2Oc2ncccc2C1. The number of likely N-dealkylation sites (tertiary alicyclic amines) is 1. The first kappa shape index (κ1) is 20.6. The lowest BCUT2D eigenvalue weighted by molar-refractivity contribution is -0.134. The summed E-state index contributed by atoms with van der Waals surface area (Å²) in [6, 6.07) is 11.3. The van der Waals surface area contributed by atoms with Crippen molar-refractivity contribution in [1.29, 1.82) is 0 Å². The van der Waals surface area contributed by atoms with Crippen LogP contribution in [0.3, 0.4) is 0 Å². The Bertz CT molecular complexity index is 839. The van der Waals surface area contributed by atoms with Gasteiger partial charge in [-0.3, -0.25) is 9.69 Å². The van der Waals surface area contributed by atoms with Gasteiger partial charge in [-0.15, -0.1) is 0 Å². The molecular weight excluding hydrogens is 382 g/mol. The van der Waals surface area contributed by atoms with E-state index in [-0.39, 0.29) is 5.91 Å². The average molecular weight is 412 g/mol. The molecule has 0 saturated carbocycles. The number of benzene rings is 1. The largest absolute Gasteiger partial charge is 0.487 e. The summed E-state index contributed by atoms with van der Waals surface area (Å²) >= 11 is 0. The molecule has 4 rings (SSSR count). The number of piperidine rings is 1. The number of carbonyl (C=O) groups excluding carboxylic acids is 1. The molecule has 0 unspecified atom stereocenters. The van der Waals surface area contributed by atoms with E-state index in [1.54, 1.807) is 6.20 Å². The Morgan fingerprint density at radius 2 is 1.77 bits per heavy atom. The normalized spacial score (nSPS) is 18.5. The predicted octanol–water partition coefficient (Wildman–Crippen LogP) is 3.10. The maximum Gasteiger partial charge on any atom is 0.237 e. The van der Waals surface area contributed by atoms with E-state index in [4.69, 9.17) is 14.2 Å². The van der Waals surface area contributed by atoms with Gasteiger partial charge in [0.1, 0.15) is 6.61 Å². The van der Waals surface area contributed by atoms with Gasteiger partial charge >= 0.3 is 0 Å². The number of hydrogen-bond acceptors (Lipinski definition) is 6. The molecular formula is C23H29N3O4. The van der Waals surface area contributed by atoms with E-state index in [9.17, 15) is 4.79 Å². The molecule has 0 bridgehead atoms. The Hall–Kier alpha value is -2.64. The minimum Gasteiger partial charge on any atom is -0.487 e. The van der Waals surface area contributed by atoms with E-state index in [0.29, 0.717) is 56.8 Å². The van der Waals surface area contributed by atoms with Crippen molar-refractivity contribution in [2.24, 2.45) is 0 Å². The van der Waals surface area contributed by atoms with E-state index in [2.05, 4.69) is 9.88 Å². The van der Waals surface area contributed by atoms with Gasteiger partial charge in [0, 0.05) is 18.3 Å².